The molecule has 0 saturated carbocycles. The van der Waals surface area contributed by atoms with E-state index in [0.29, 0.717) is 16.4 Å². The molecule has 2 aromatic heterocycles. The summed E-state index contributed by atoms with van der Waals surface area (Å²) in [6.45, 7) is 7.24. The number of anilines is 1. The van der Waals surface area contributed by atoms with Gasteiger partial charge in [0.05, 0.1) is 17.4 Å². The standard InChI is InChI=1S/C27H28ClN5O3/c1-16-20-13-18(10-11-22(20)33-32-16)21-14-19(15-29-24(21)28)30-25(34)23(12-17-8-6-5-7-9-17)31-26(35)36-27(2,3)4/h5-11,13-15,23H,12H2,1-4H3,(H,30,34)(H,31,35)(H,32,33)/t23-/m0/s1. The number of H-pyrrole nitrogens is 1. The van der Waals surface area contributed by atoms with Gasteiger partial charge in [0.15, 0.2) is 0 Å². The monoisotopic (exact) mass is 505 g/mol. The molecule has 3 N–H and O–H groups in total. The number of aromatic nitrogens is 3. The normalized spacial score (nSPS) is 12.2. The van der Waals surface area contributed by atoms with Crippen molar-refractivity contribution in [2.45, 2.75) is 45.8 Å². The fourth-order valence-corrected chi connectivity index (χ4v) is 3.98. The summed E-state index contributed by atoms with van der Waals surface area (Å²) >= 11 is 6.41. The first kappa shape index (κ1) is 25.2. The van der Waals surface area contributed by atoms with Crippen LogP contribution in [0.3, 0.4) is 0 Å². The van der Waals surface area contributed by atoms with Crippen LogP contribution >= 0.6 is 11.6 Å². The molecule has 0 aliphatic rings. The molecular formula is C27H28ClN5O3. The first-order chi connectivity index (χ1) is 17.1. The predicted octanol–water partition coefficient (Wildman–Crippen LogP) is 5.66. The zero-order chi connectivity index (χ0) is 25.9. The number of alkyl carbamates (subject to hydrolysis) is 1. The molecule has 2 aromatic carbocycles. The van der Waals surface area contributed by atoms with Crippen LogP contribution < -0.4 is 10.6 Å². The highest BCUT2D eigenvalue weighted by Gasteiger charge is 2.25. The van der Waals surface area contributed by atoms with Crippen LogP contribution in [0.4, 0.5) is 10.5 Å². The van der Waals surface area contributed by atoms with E-state index in [9.17, 15) is 9.59 Å². The Morgan fingerprint density at radius 2 is 1.86 bits per heavy atom. The van der Waals surface area contributed by atoms with E-state index in [4.69, 9.17) is 16.3 Å². The highest BCUT2D eigenvalue weighted by molar-refractivity contribution is 6.32. The molecule has 0 aliphatic carbocycles. The number of ether oxygens (including phenoxy) is 1. The second-order valence-electron chi connectivity index (χ2n) is 9.52. The van der Waals surface area contributed by atoms with Crippen LogP contribution in [0.25, 0.3) is 22.0 Å². The summed E-state index contributed by atoms with van der Waals surface area (Å²) in [5.74, 6) is -0.402. The molecule has 0 saturated heterocycles. The Hall–Kier alpha value is -3.91. The Bertz CT molecular complexity index is 1400. The molecule has 4 aromatic rings. The number of nitrogens with one attached hydrogen (secondary N) is 3. The summed E-state index contributed by atoms with van der Waals surface area (Å²) in [5.41, 5.74) is 3.95. The molecule has 0 bridgehead atoms. The Kier molecular flexibility index (Phi) is 7.26. The maximum absolute atomic E-state index is 13.3. The van der Waals surface area contributed by atoms with Gasteiger partial charge in [-0.05, 0) is 57.0 Å². The molecule has 186 valence electrons. The van der Waals surface area contributed by atoms with Crippen molar-refractivity contribution in [3.05, 3.63) is 77.2 Å². The quantitative estimate of drug-likeness (QED) is 0.293. The van der Waals surface area contributed by atoms with Crippen LogP contribution in [0.5, 0.6) is 0 Å². The van der Waals surface area contributed by atoms with Gasteiger partial charge in [0, 0.05) is 23.1 Å². The van der Waals surface area contributed by atoms with Crippen molar-refractivity contribution in [1.82, 2.24) is 20.5 Å². The molecule has 2 amide bonds. The zero-order valence-corrected chi connectivity index (χ0v) is 21.3. The number of carbonyl (C=O) groups is 2. The van der Waals surface area contributed by atoms with E-state index in [2.05, 4.69) is 25.8 Å². The number of aromatic amines is 1. The van der Waals surface area contributed by atoms with Crippen molar-refractivity contribution in [2.24, 2.45) is 0 Å². The van der Waals surface area contributed by atoms with Crippen molar-refractivity contribution in [1.29, 1.82) is 0 Å². The van der Waals surface area contributed by atoms with E-state index in [1.807, 2.05) is 55.5 Å². The third-order valence-corrected chi connectivity index (χ3v) is 5.75. The maximum atomic E-state index is 13.3. The second-order valence-corrected chi connectivity index (χ2v) is 9.88. The van der Waals surface area contributed by atoms with Gasteiger partial charge in [-0.3, -0.25) is 9.89 Å². The van der Waals surface area contributed by atoms with Crippen molar-refractivity contribution in [3.8, 4) is 11.1 Å². The van der Waals surface area contributed by atoms with E-state index >= 15 is 0 Å². The summed E-state index contributed by atoms with van der Waals surface area (Å²) in [5, 5.41) is 14.1. The first-order valence-electron chi connectivity index (χ1n) is 11.5. The lowest BCUT2D eigenvalue weighted by Gasteiger charge is -2.23. The van der Waals surface area contributed by atoms with Gasteiger partial charge < -0.3 is 15.4 Å². The molecule has 0 aliphatic heterocycles. The smallest absolute Gasteiger partial charge is 0.408 e. The lowest BCUT2D eigenvalue weighted by atomic mass is 10.0. The molecule has 0 fully saturated rings. The predicted molar refractivity (Wildman–Crippen MR) is 141 cm³/mol. The van der Waals surface area contributed by atoms with Crippen LogP contribution in [0.2, 0.25) is 5.15 Å². The maximum Gasteiger partial charge on any atom is 0.408 e. The van der Waals surface area contributed by atoms with Crippen molar-refractivity contribution in [2.75, 3.05) is 5.32 Å². The zero-order valence-electron chi connectivity index (χ0n) is 20.6. The molecule has 1 atom stereocenters. The van der Waals surface area contributed by atoms with E-state index < -0.39 is 23.6 Å². The molecule has 2 heterocycles. The highest BCUT2D eigenvalue weighted by Crippen LogP contribution is 2.31. The minimum Gasteiger partial charge on any atom is -0.444 e. The number of rotatable bonds is 6. The average Bonchev–Trinajstić information content (AvgIpc) is 3.19. The Balaban J connectivity index is 1.58. The Labute approximate surface area is 214 Å². The largest absolute Gasteiger partial charge is 0.444 e. The molecule has 0 radical (unpaired) electrons. The molecule has 4 rings (SSSR count). The second kappa shape index (κ2) is 10.4. The number of hydrogen-bond acceptors (Lipinski definition) is 5. The van der Waals surface area contributed by atoms with Crippen LogP contribution in [0, 0.1) is 6.92 Å². The molecule has 9 heteroatoms. The van der Waals surface area contributed by atoms with Crippen molar-refractivity contribution < 1.29 is 14.3 Å². The fraction of sp³-hybridized carbons (Fsp3) is 0.259. The van der Waals surface area contributed by atoms with Gasteiger partial charge in [0.25, 0.3) is 0 Å². The molecule has 0 spiro atoms. The van der Waals surface area contributed by atoms with Crippen molar-refractivity contribution >= 4 is 40.2 Å². The van der Waals surface area contributed by atoms with Gasteiger partial charge in [-0.1, -0.05) is 48.0 Å². The van der Waals surface area contributed by atoms with Gasteiger partial charge in [-0.15, -0.1) is 0 Å². The van der Waals surface area contributed by atoms with E-state index in [-0.39, 0.29) is 6.42 Å². The summed E-state index contributed by atoms with van der Waals surface area (Å²) in [4.78, 5) is 30.0. The van der Waals surface area contributed by atoms with Gasteiger partial charge >= 0.3 is 6.09 Å². The van der Waals surface area contributed by atoms with Crippen LogP contribution in [0.15, 0.2) is 60.8 Å². The summed E-state index contributed by atoms with van der Waals surface area (Å²) < 4.78 is 5.37. The number of halogens is 1. The number of aryl methyl sites for hydroxylation is 1. The van der Waals surface area contributed by atoms with Gasteiger partial charge in [-0.2, -0.15) is 5.10 Å². The fourth-order valence-electron chi connectivity index (χ4n) is 3.76. The Morgan fingerprint density at radius 1 is 1.11 bits per heavy atom. The number of amides is 2. The number of pyridine rings is 1. The molecule has 36 heavy (non-hydrogen) atoms. The number of benzene rings is 2. The number of nitrogens with zero attached hydrogens (tertiary/aromatic N) is 2. The third kappa shape index (κ3) is 6.20. The lowest BCUT2D eigenvalue weighted by Crippen LogP contribution is -2.47. The summed E-state index contributed by atoms with van der Waals surface area (Å²) in [7, 11) is 0. The Morgan fingerprint density at radius 3 is 2.58 bits per heavy atom. The van der Waals surface area contributed by atoms with E-state index in [0.717, 1.165) is 27.7 Å². The van der Waals surface area contributed by atoms with Gasteiger partial charge in [-0.25, -0.2) is 9.78 Å². The van der Waals surface area contributed by atoms with E-state index in [1.165, 1.54) is 6.20 Å². The van der Waals surface area contributed by atoms with Crippen LogP contribution in [-0.4, -0.2) is 38.8 Å². The molecule has 8 nitrogen and oxygen atoms in total. The lowest BCUT2D eigenvalue weighted by molar-refractivity contribution is -0.118. The minimum atomic E-state index is -0.869. The molecule has 0 unspecified atom stereocenters. The third-order valence-electron chi connectivity index (χ3n) is 5.45. The van der Waals surface area contributed by atoms with Crippen molar-refractivity contribution in [3.63, 3.8) is 0 Å². The van der Waals surface area contributed by atoms with Gasteiger partial charge in [0.1, 0.15) is 16.8 Å². The minimum absolute atomic E-state index is 0.288. The first-order valence-corrected chi connectivity index (χ1v) is 11.9. The summed E-state index contributed by atoms with van der Waals surface area (Å²) in [6.07, 6.45) is 1.10. The topological polar surface area (TPSA) is 109 Å². The highest BCUT2D eigenvalue weighted by atomic mass is 35.5. The molecular weight excluding hydrogens is 478 g/mol. The summed E-state index contributed by atoms with van der Waals surface area (Å²) in [6, 6.07) is 16.1. The van der Waals surface area contributed by atoms with Crippen LogP contribution in [0.1, 0.15) is 32.0 Å². The van der Waals surface area contributed by atoms with Crippen LogP contribution in [-0.2, 0) is 16.0 Å². The van der Waals surface area contributed by atoms with Gasteiger partial charge in [0.2, 0.25) is 5.91 Å². The number of fused-ring (bicyclic) bond motifs is 1. The van der Waals surface area contributed by atoms with E-state index in [1.54, 1.807) is 26.8 Å². The number of hydrogen-bond donors (Lipinski definition) is 3. The SMILES string of the molecule is Cc1[nH]nc2ccc(-c3cc(NC(=O)[C@H](Cc4ccccc4)NC(=O)OC(C)(C)C)cnc3Cl)cc12. The average molecular weight is 506 g/mol. The number of carbonyl (C=O) groups excluding carboxylic acids is 2.